The molecule has 0 aliphatic heterocycles. The molecule has 2 rings (SSSR count). The van der Waals surface area contributed by atoms with Gasteiger partial charge in [-0.15, -0.1) is 0 Å². The lowest BCUT2D eigenvalue weighted by atomic mass is 10.1. The molecule has 2 aromatic carbocycles. The topological polar surface area (TPSA) is 84.5 Å². The maximum atomic E-state index is 11.8. The fraction of sp³-hybridized carbons (Fsp3) is 0.150. The average molecular weight is 431 g/mol. The molecule has 7 heteroatoms. The summed E-state index contributed by atoms with van der Waals surface area (Å²) < 4.78 is 5.74. The Morgan fingerprint density at radius 3 is 2.44 bits per heavy atom. The van der Waals surface area contributed by atoms with Crippen LogP contribution in [0, 0.1) is 13.8 Å². The highest BCUT2D eigenvalue weighted by Gasteiger charge is 2.11. The van der Waals surface area contributed by atoms with Crippen LogP contribution >= 0.6 is 15.9 Å². The van der Waals surface area contributed by atoms with Crippen LogP contribution in [-0.4, -0.2) is 24.5 Å². The number of carbonyl (C=O) groups excluding carboxylic acids is 3. The van der Waals surface area contributed by atoms with Crippen LogP contribution in [0.4, 0.5) is 10.5 Å². The zero-order valence-corrected chi connectivity index (χ0v) is 16.5. The average Bonchev–Trinajstić information content (AvgIpc) is 2.62. The van der Waals surface area contributed by atoms with Crippen molar-refractivity contribution in [1.29, 1.82) is 0 Å². The molecular weight excluding hydrogens is 412 g/mol. The van der Waals surface area contributed by atoms with Gasteiger partial charge in [0.15, 0.2) is 6.61 Å². The first-order valence-corrected chi connectivity index (χ1v) is 8.91. The van der Waals surface area contributed by atoms with E-state index in [0.717, 1.165) is 21.2 Å². The summed E-state index contributed by atoms with van der Waals surface area (Å²) in [5.41, 5.74) is 3.35. The summed E-state index contributed by atoms with van der Waals surface area (Å²) in [4.78, 5) is 35.2. The maximum Gasteiger partial charge on any atom is 0.331 e. The highest BCUT2D eigenvalue weighted by atomic mass is 79.9. The molecule has 0 aliphatic rings. The molecule has 0 unspecified atom stereocenters. The lowest BCUT2D eigenvalue weighted by molar-refractivity contribution is -0.143. The van der Waals surface area contributed by atoms with E-state index in [-0.39, 0.29) is 0 Å². The molecule has 0 fully saturated rings. The van der Waals surface area contributed by atoms with Crippen molar-refractivity contribution in [3.8, 4) is 0 Å². The molecule has 2 N–H and O–H groups in total. The van der Waals surface area contributed by atoms with Gasteiger partial charge in [-0.3, -0.25) is 10.1 Å². The molecule has 0 saturated carbocycles. The fourth-order valence-corrected chi connectivity index (χ4v) is 2.46. The number of urea groups is 1. The van der Waals surface area contributed by atoms with E-state index in [1.807, 2.05) is 50.2 Å². The second kappa shape index (κ2) is 9.68. The van der Waals surface area contributed by atoms with Crippen molar-refractivity contribution >= 4 is 45.6 Å². The number of ether oxygens (including phenoxy) is 1. The molecule has 6 nitrogen and oxygen atoms in total. The number of amides is 3. The number of nitrogens with one attached hydrogen (secondary N) is 2. The van der Waals surface area contributed by atoms with Crippen LogP contribution in [0.5, 0.6) is 0 Å². The third kappa shape index (κ3) is 7.07. The first-order chi connectivity index (χ1) is 12.8. The molecule has 0 atom stereocenters. The Morgan fingerprint density at radius 1 is 1.07 bits per heavy atom. The third-order valence-electron chi connectivity index (χ3n) is 3.51. The molecule has 0 saturated heterocycles. The first kappa shape index (κ1) is 20.4. The molecule has 0 aromatic heterocycles. The second-order valence-corrected chi connectivity index (χ2v) is 6.73. The van der Waals surface area contributed by atoms with Crippen LogP contribution in [-0.2, 0) is 14.3 Å². The van der Waals surface area contributed by atoms with Crippen molar-refractivity contribution in [3.05, 3.63) is 69.7 Å². The Bertz CT molecular complexity index is 876. The predicted octanol–water partition coefficient (Wildman–Crippen LogP) is 3.97. The monoisotopic (exact) mass is 430 g/mol. The van der Waals surface area contributed by atoms with E-state index in [4.69, 9.17) is 4.74 Å². The SMILES string of the molecule is Cc1ccc(NC(=O)NC(=O)COC(=O)/C=C/c2ccc(Br)cc2)c(C)c1. The Labute approximate surface area is 165 Å². The minimum absolute atomic E-state index is 0.552. The van der Waals surface area contributed by atoms with E-state index in [2.05, 4.69) is 26.6 Å². The minimum atomic E-state index is -0.720. The van der Waals surface area contributed by atoms with Crippen LogP contribution in [0.1, 0.15) is 16.7 Å². The quantitative estimate of drug-likeness (QED) is 0.554. The number of carbonyl (C=O) groups is 3. The molecule has 0 spiro atoms. The van der Waals surface area contributed by atoms with Crippen molar-refractivity contribution in [1.82, 2.24) is 5.32 Å². The van der Waals surface area contributed by atoms with E-state index >= 15 is 0 Å². The van der Waals surface area contributed by atoms with Gasteiger partial charge >= 0.3 is 12.0 Å². The fourth-order valence-electron chi connectivity index (χ4n) is 2.19. The smallest absolute Gasteiger partial charge is 0.331 e. The molecule has 27 heavy (non-hydrogen) atoms. The summed E-state index contributed by atoms with van der Waals surface area (Å²) in [7, 11) is 0. The number of halogens is 1. The number of anilines is 1. The molecule has 140 valence electrons. The summed E-state index contributed by atoms with van der Waals surface area (Å²) in [6.07, 6.45) is 2.78. The molecule has 2 aromatic rings. The summed E-state index contributed by atoms with van der Waals surface area (Å²) in [5.74, 6) is -1.40. The highest BCUT2D eigenvalue weighted by Crippen LogP contribution is 2.15. The van der Waals surface area contributed by atoms with E-state index in [1.165, 1.54) is 6.08 Å². The predicted molar refractivity (Wildman–Crippen MR) is 107 cm³/mol. The van der Waals surface area contributed by atoms with E-state index in [9.17, 15) is 14.4 Å². The number of aryl methyl sites for hydroxylation is 2. The Morgan fingerprint density at radius 2 is 1.78 bits per heavy atom. The van der Waals surface area contributed by atoms with Crippen LogP contribution in [0.15, 0.2) is 53.0 Å². The standard InChI is InChI=1S/C20H19BrN2O4/c1-13-3-9-17(14(2)11-13)22-20(26)23-18(24)12-27-19(25)10-6-15-4-7-16(21)8-5-15/h3-11H,12H2,1-2H3,(H2,22,23,24,26)/b10-6+. The molecule has 0 bridgehead atoms. The molecule has 3 amide bonds. The Balaban J connectivity index is 1.77. The van der Waals surface area contributed by atoms with E-state index in [1.54, 1.807) is 12.1 Å². The number of benzene rings is 2. The van der Waals surface area contributed by atoms with Crippen molar-refractivity contribution in [2.75, 3.05) is 11.9 Å². The van der Waals surface area contributed by atoms with Gasteiger partial charge in [-0.05, 0) is 49.2 Å². The third-order valence-corrected chi connectivity index (χ3v) is 4.04. The summed E-state index contributed by atoms with van der Waals surface area (Å²) in [6.45, 7) is 3.24. The molecule has 0 aliphatic carbocycles. The Hall–Kier alpha value is -2.93. The van der Waals surface area contributed by atoms with Crippen LogP contribution in [0.3, 0.4) is 0 Å². The van der Waals surface area contributed by atoms with Gasteiger partial charge < -0.3 is 10.1 Å². The van der Waals surface area contributed by atoms with E-state index < -0.39 is 24.5 Å². The Kier molecular flexibility index (Phi) is 7.31. The molecule has 0 heterocycles. The normalized spacial score (nSPS) is 10.5. The van der Waals surface area contributed by atoms with Gasteiger partial charge in [-0.25, -0.2) is 9.59 Å². The van der Waals surface area contributed by atoms with E-state index in [0.29, 0.717) is 5.69 Å². The van der Waals surface area contributed by atoms with Gasteiger partial charge in [0.25, 0.3) is 5.91 Å². The molecule has 0 radical (unpaired) electrons. The van der Waals surface area contributed by atoms with Gasteiger partial charge in [0.05, 0.1) is 0 Å². The maximum absolute atomic E-state index is 11.8. The number of hydrogen-bond donors (Lipinski definition) is 2. The highest BCUT2D eigenvalue weighted by molar-refractivity contribution is 9.10. The number of imide groups is 1. The zero-order chi connectivity index (χ0) is 19.8. The number of hydrogen-bond acceptors (Lipinski definition) is 4. The van der Waals surface area contributed by atoms with Crippen LogP contribution in [0.25, 0.3) is 6.08 Å². The second-order valence-electron chi connectivity index (χ2n) is 5.81. The largest absolute Gasteiger partial charge is 0.452 e. The molecular formula is C20H19BrN2O4. The van der Waals surface area contributed by atoms with Crippen LogP contribution < -0.4 is 10.6 Å². The number of esters is 1. The lowest BCUT2D eigenvalue weighted by Gasteiger charge is -2.09. The van der Waals surface area contributed by atoms with Crippen molar-refractivity contribution in [3.63, 3.8) is 0 Å². The summed E-state index contributed by atoms with van der Waals surface area (Å²) in [6, 6.07) is 12.1. The van der Waals surface area contributed by atoms with Crippen molar-refractivity contribution in [2.45, 2.75) is 13.8 Å². The summed E-state index contributed by atoms with van der Waals surface area (Å²) >= 11 is 3.32. The number of rotatable bonds is 5. The van der Waals surface area contributed by atoms with Gasteiger partial charge in [-0.1, -0.05) is 45.8 Å². The van der Waals surface area contributed by atoms with Crippen molar-refractivity contribution < 1.29 is 19.1 Å². The first-order valence-electron chi connectivity index (χ1n) is 8.12. The van der Waals surface area contributed by atoms with Crippen LogP contribution in [0.2, 0.25) is 0 Å². The van der Waals surface area contributed by atoms with Gasteiger partial charge in [0, 0.05) is 16.2 Å². The minimum Gasteiger partial charge on any atom is -0.452 e. The summed E-state index contributed by atoms with van der Waals surface area (Å²) in [5, 5.41) is 4.69. The van der Waals surface area contributed by atoms with Gasteiger partial charge in [-0.2, -0.15) is 0 Å². The van der Waals surface area contributed by atoms with Gasteiger partial charge in [0.1, 0.15) is 0 Å². The lowest BCUT2D eigenvalue weighted by Crippen LogP contribution is -2.37. The van der Waals surface area contributed by atoms with Gasteiger partial charge in [0.2, 0.25) is 0 Å². The van der Waals surface area contributed by atoms with Crippen molar-refractivity contribution in [2.24, 2.45) is 0 Å². The zero-order valence-electron chi connectivity index (χ0n) is 14.9.